The Balaban J connectivity index is 1.87. The van der Waals surface area contributed by atoms with Crippen LogP contribution in [0.4, 0.5) is 0 Å². The maximum atomic E-state index is 12.3. The Labute approximate surface area is 175 Å². The van der Waals surface area contributed by atoms with Gasteiger partial charge < -0.3 is 24.5 Å². The van der Waals surface area contributed by atoms with Crippen LogP contribution in [0.2, 0.25) is 0 Å². The molecule has 2 heterocycles. The number of aliphatic hydroxyl groups is 1. The predicted octanol–water partition coefficient (Wildman–Crippen LogP) is 1.19. The van der Waals surface area contributed by atoms with Gasteiger partial charge in [-0.1, -0.05) is 0 Å². The minimum absolute atomic E-state index is 0.133. The fraction of sp³-hybridized carbons (Fsp3) is 0.938. The largest absolute Gasteiger partial charge is 0.472 e. The number of carbonyl (C=O) groups is 1. The van der Waals surface area contributed by atoms with Gasteiger partial charge in [-0.2, -0.15) is 0 Å². The molecule has 0 radical (unpaired) electrons. The molecule has 0 aromatic rings. The fourth-order valence-electron chi connectivity index (χ4n) is 3.26. The van der Waals surface area contributed by atoms with Crippen molar-refractivity contribution in [3.05, 3.63) is 0 Å². The summed E-state index contributed by atoms with van der Waals surface area (Å²) in [5.41, 5.74) is -0.910. The van der Waals surface area contributed by atoms with Crippen LogP contribution in [-0.2, 0) is 36.8 Å². The van der Waals surface area contributed by atoms with Crippen molar-refractivity contribution in [2.45, 2.75) is 70.5 Å². The molecule has 30 heavy (non-hydrogen) atoms. The first kappa shape index (κ1) is 25.9. The summed E-state index contributed by atoms with van der Waals surface area (Å²) in [5.74, 6) is -0.277. The number of amides is 1. The van der Waals surface area contributed by atoms with Gasteiger partial charge in [0, 0.05) is 26.5 Å². The number of hydrogen-bond donors (Lipinski definition) is 3. The van der Waals surface area contributed by atoms with Crippen LogP contribution in [0, 0.1) is 0 Å². The van der Waals surface area contributed by atoms with Crippen LogP contribution < -0.4 is 0 Å². The Hall–Kier alpha value is -0.390. The van der Waals surface area contributed by atoms with E-state index in [1.54, 1.807) is 20.8 Å². The minimum Gasteiger partial charge on any atom is -0.391 e. The average Bonchev–Trinajstić information content (AvgIpc) is 3.15. The Bertz CT molecular complexity index is 697. The summed E-state index contributed by atoms with van der Waals surface area (Å²) in [6.45, 7) is 5.76. The van der Waals surface area contributed by atoms with E-state index in [9.17, 15) is 28.8 Å². The van der Waals surface area contributed by atoms with Crippen LogP contribution in [0.3, 0.4) is 0 Å². The zero-order valence-corrected chi connectivity index (χ0v) is 19.3. The fourth-order valence-corrected chi connectivity index (χ4v) is 5.35. The molecule has 176 valence electrons. The number of phosphoric ester groups is 2. The summed E-state index contributed by atoms with van der Waals surface area (Å²) < 4.78 is 49.8. The average molecular weight is 475 g/mol. The van der Waals surface area contributed by atoms with E-state index in [1.165, 1.54) is 11.8 Å². The lowest BCUT2D eigenvalue weighted by atomic mass is 10.2. The van der Waals surface area contributed by atoms with Crippen LogP contribution in [-0.4, -0.2) is 82.0 Å². The molecule has 14 heteroatoms. The summed E-state index contributed by atoms with van der Waals surface area (Å²) in [5, 5.41) is 9.71. The van der Waals surface area contributed by atoms with Crippen molar-refractivity contribution in [3.63, 3.8) is 0 Å². The second-order valence-electron chi connectivity index (χ2n) is 8.29. The van der Waals surface area contributed by atoms with E-state index in [4.69, 9.17) is 22.8 Å². The Morgan fingerprint density at radius 1 is 1.17 bits per heavy atom. The highest BCUT2D eigenvalue weighted by Crippen LogP contribution is 2.49. The number of ether oxygens (including phenoxy) is 1. The quantitative estimate of drug-likeness (QED) is 0.411. The van der Waals surface area contributed by atoms with E-state index in [0.29, 0.717) is 0 Å². The molecule has 0 spiro atoms. The van der Waals surface area contributed by atoms with Gasteiger partial charge in [0.1, 0.15) is 12.2 Å². The van der Waals surface area contributed by atoms with Crippen LogP contribution in [0.25, 0.3) is 0 Å². The lowest BCUT2D eigenvalue weighted by Gasteiger charge is -2.26. The summed E-state index contributed by atoms with van der Waals surface area (Å²) in [4.78, 5) is 32.8. The summed E-state index contributed by atoms with van der Waals surface area (Å²) in [6.07, 6.45) is -2.04. The number of nitrogens with zero attached hydrogens (tertiary/aromatic N) is 1. The Kier molecular flexibility index (Phi) is 8.66. The lowest BCUT2D eigenvalue weighted by molar-refractivity contribution is -0.130. The van der Waals surface area contributed by atoms with Gasteiger partial charge in [0.2, 0.25) is 5.91 Å². The van der Waals surface area contributed by atoms with E-state index in [0.717, 1.165) is 0 Å². The number of β-amino-alcohol motifs (C(OH)–C–C–N with tert-alkyl or cyclic N) is 1. The van der Waals surface area contributed by atoms with Crippen molar-refractivity contribution in [2.24, 2.45) is 0 Å². The van der Waals surface area contributed by atoms with E-state index in [-0.39, 0.29) is 45.1 Å². The smallest absolute Gasteiger partial charge is 0.391 e. The molecule has 2 aliphatic heterocycles. The van der Waals surface area contributed by atoms with Crippen LogP contribution in [0.5, 0.6) is 0 Å². The first-order valence-electron chi connectivity index (χ1n) is 9.58. The maximum Gasteiger partial charge on any atom is 0.472 e. The molecular formula is C16H31NO11P2. The van der Waals surface area contributed by atoms with Crippen molar-refractivity contribution in [3.8, 4) is 0 Å². The van der Waals surface area contributed by atoms with Crippen molar-refractivity contribution in [1.82, 2.24) is 4.90 Å². The minimum atomic E-state index is -4.52. The Morgan fingerprint density at radius 2 is 1.80 bits per heavy atom. The number of phosphoric acid groups is 2. The summed E-state index contributed by atoms with van der Waals surface area (Å²) >= 11 is 0. The standard InChI is InChI=1S/C16H31NO11P2/c1-11(18)17-8-13(19)7-12(17)9-25-29(20,21)27-14-5-6-24-15(14)10-26-30(22,23)28-16(2,3)4/h12-15,19H,5-10H2,1-4H3,(H,20,21)(H,22,23)/t12-,13+,14?,15+/m0/s1. The summed E-state index contributed by atoms with van der Waals surface area (Å²) in [6, 6.07) is -0.546. The molecule has 3 unspecified atom stereocenters. The van der Waals surface area contributed by atoms with Gasteiger partial charge in [-0.25, -0.2) is 9.13 Å². The number of likely N-dealkylation sites (tertiary alicyclic amines) is 1. The predicted molar refractivity (Wildman–Crippen MR) is 103 cm³/mol. The first-order chi connectivity index (χ1) is 13.7. The third-order valence-electron chi connectivity index (χ3n) is 4.44. The van der Waals surface area contributed by atoms with Gasteiger partial charge >= 0.3 is 15.6 Å². The highest BCUT2D eigenvalue weighted by molar-refractivity contribution is 7.47. The van der Waals surface area contributed by atoms with Gasteiger partial charge in [-0.15, -0.1) is 0 Å². The van der Waals surface area contributed by atoms with Crippen molar-refractivity contribution in [2.75, 3.05) is 26.4 Å². The van der Waals surface area contributed by atoms with Crippen molar-refractivity contribution < 1.29 is 51.6 Å². The molecule has 2 saturated heterocycles. The topological polar surface area (TPSA) is 161 Å². The molecule has 0 aliphatic carbocycles. The van der Waals surface area contributed by atoms with E-state index in [1.807, 2.05) is 0 Å². The van der Waals surface area contributed by atoms with Gasteiger partial charge in [0.15, 0.2) is 0 Å². The second kappa shape index (κ2) is 10.0. The number of rotatable bonds is 9. The van der Waals surface area contributed by atoms with Crippen molar-refractivity contribution >= 4 is 21.6 Å². The molecule has 2 fully saturated rings. The normalized spacial score (nSPS) is 31.5. The maximum absolute atomic E-state index is 12.3. The second-order valence-corrected chi connectivity index (χ2v) is 11.1. The molecule has 0 aromatic heterocycles. The van der Waals surface area contributed by atoms with Gasteiger partial charge in [-0.3, -0.25) is 22.9 Å². The van der Waals surface area contributed by atoms with E-state index in [2.05, 4.69) is 0 Å². The number of carbonyl (C=O) groups excluding carboxylic acids is 1. The Morgan fingerprint density at radius 3 is 2.40 bits per heavy atom. The molecule has 12 nitrogen and oxygen atoms in total. The summed E-state index contributed by atoms with van der Waals surface area (Å²) in [7, 11) is -8.88. The highest BCUT2D eigenvalue weighted by Gasteiger charge is 2.40. The molecule has 1 amide bonds. The third kappa shape index (κ3) is 8.27. The number of aliphatic hydroxyl groups excluding tert-OH is 1. The van der Waals surface area contributed by atoms with Gasteiger partial charge in [0.05, 0.1) is 31.0 Å². The molecule has 6 atom stereocenters. The molecule has 0 bridgehead atoms. The van der Waals surface area contributed by atoms with Gasteiger partial charge in [-0.05, 0) is 27.2 Å². The monoisotopic (exact) mass is 475 g/mol. The van der Waals surface area contributed by atoms with Crippen molar-refractivity contribution in [1.29, 1.82) is 0 Å². The molecule has 2 aliphatic rings. The highest BCUT2D eigenvalue weighted by atomic mass is 31.2. The first-order valence-corrected chi connectivity index (χ1v) is 12.6. The molecular weight excluding hydrogens is 444 g/mol. The van der Waals surface area contributed by atoms with Crippen LogP contribution in [0.15, 0.2) is 0 Å². The zero-order chi connectivity index (χ0) is 22.7. The van der Waals surface area contributed by atoms with Gasteiger partial charge in [0.25, 0.3) is 0 Å². The molecule has 2 rings (SSSR count). The molecule has 0 saturated carbocycles. The zero-order valence-electron chi connectivity index (χ0n) is 17.5. The number of hydrogen-bond acceptors (Lipinski definition) is 9. The SMILES string of the molecule is CC(=O)N1C[C@H](O)C[C@H]1COP(=O)(O)OC1CCO[C@@H]1COP(=O)(O)OC(C)(C)C. The van der Waals surface area contributed by atoms with E-state index < -0.39 is 45.6 Å². The lowest BCUT2D eigenvalue weighted by Crippen LogP contribution is -2.37. The molecule has 3 N–H and O–H groups in total. The van der Waals surface area contributed by atoms with E-state index >= 15 is 0 Å². The van der Waals surface area contributed by atoms with Crippen LogP contribution >= 0.6 is 15.6 Å². The molecule has 0 aromatic carbocycles. The van der Waals surface area contributed by atoms with Crippen LogP contribution in [0.1, 0.15) is 40.5 Å². The third-order valence-corrected chi connectivity index (χ3v) is 6.70.